The molecule has 0 spiro atoms. The van der Waals surface area contributed by atoms with Crippen LogP contribution >= 0.6 is 31.9 Å². The van der Waals surface area contributed by atoms with Crippen molar-refractivity contribution in [2.24, 2.45) is 0 Å². The topological polar surface area (TPSA) is 52.6 Å². The number of aldehydes is 1. The average molecular weight is 452 g/mol. The Morgan fingerprint density at radius 2 is 1.58 bits per heavy atom. The zero-order chi connectivity index (χ0) is 17.4. The second-order valence-corrected chi connectivity index (χ2v) is 6.80. The Bertz CT molecular complexity index is 996. The van der Waals surface area contributed by atoms with Crippen molar-refractivity contribution >= 4 is 65.5 Å². The molecule has 0 N–H and O–H groups in total. The molecule has 0 fully saturated rings. The van der Waals surface area contributed by atoms with Gasteiger partial charge in [-0.2, -0.15) is 0 Å². The molecule has 0 atom stereocenters. The van der Waals surface area contributed by atoms with Crippen LogP contribution in [0, 0.1) is 0 Å². The molecule has 0 radical (unpaired) electrons. The number of carbonyl (C=O) groups excluding carboxylic acids is 2. The Labute approximate surface area is 155 Å². The lowest BCUT2D eigenvalue weighted by Crippen LogP contribution is -2.04. The number of Topliss-reactive ketones (excluding diaryl/α,β-unsaturated/α-hetero) is 1. The summed E-state index contributed by atoms with van der Waals surface area (Å²) in [5.74, 6) is 0.518. The minimum absolute atomic E-state index is 0.307. The van der Waals surface area contributed by atoms with Crippen LogP contribution in [0.2, 0.25) is 0 Å². The highest BCUT2D eigenvalue weighted by molar-refractivity contribution is 9.11. The maximum absolute atomic E-state index is 12.4. The van der Waals surface area contributed by atoms with E-state index in [1.54, 1.807) is 19.2 Å². The van der Waals surface area contributed by atoms with Crippen LogP contribution in [0.15, 0.2) is 39.3 Å². The quantitative estimate of drug-likeness (QED) is 0.244. The van der Waals surface area contributed by atoms with E-state index in [2.05, 4.69) is 31.9 Å². The lowest BCUT2D eigenvalue weighted by molar-refractivity contribution is -0.104. The van der Waals surface area contributed by atoms with Crippen LogP contribution in [-0.2, 0) is 4.79 Å². The highest BCUT2D eigenvalue weighted by atomic mass is 79.9. The number of hydrogen-bond acceptors (Lipinski definition) is 4. The Kier molecular flexibility index (Phi) is 4.60. The van der Waals surface area contributed by atoms with Gasteiger partial charge in [0.05, 0.1) is 23.2 Å². The monoisotopic (exact) mass is 450 g/mol. The molecule has 4 nitrogen and oxygen atoms in total. The van der Waals surface area contributed by atoms with Gasteiger partial charge in [-0.05, 0) is 60.8 Å². The Balaban J connectivity index is 2.64. The van der Waals surface area contributed by atoms with E-state index in [-0.39, 0.29) is 0 Å². The molecule has 0 amide bonds. The predicted octanol–water partition coefficient (Wildman–Crippen LogP) is 4.92. The van der Waals surface area contributed by atoms with Crippen LogP contribution in [0.4, 0.5) is 0 Å². The third-order valence-corrected chi connectivity index (χ3v) is 5.12. The number of ketones is 1. The molecule has 122 valence electrons. The number of carbonyl (C=O) groups is 2. The molecule has 0 aliphatic carbocycles. The first kappa shape index (κ1) is 16.9. The standard InChI is InChI=1S/C18H12Br2O4/c1-23-17-11-7-9-3-5-13(20)18(24-2)15(9)16(14(22)8-21)10(11)4-6-12(17)19/h3-8H,1-2H3. The fourth-order valence-corrected chi connectivity index (χ4v) is 3.90. The molecule has 24 heavy (non-hydrogen) atoms. The van der Waals surface area contributed by atoms with E-state index in [0.717, 1.165) is 15.2 Å². The normalized spacial score (nSPS) is 10.8. The average Bonchev–Trinajstić information content (AvgIpc) is 2.59. The maximum atomic E-state index is 12.4. The van der Waals surface area contributed by atoms with Gasteiger partial charge in [0.2, 0.25) is 5.78 Å². The summed E-state index contributed by atoms with van der Waals surface area (Å²) in [6.07, 6.45) is 0.322. The molecule has 0 saturated carbocycles. The minimum Gasteiger partial charge on any atom is -0.495 e. The highest BCUT2D eigenvalue weighted by Crippen LogP contribution is 2.43. The summed E-state index contributed by atoms with van der Waals surface area (Å²) in [7, 11) is 3.09. The Morgan fingerprint density at radius 1 is 0.958 bits per heavy atom. The van der Waals surface area contributed by atoms with Crippen molar-refractivity contribution in [2.75, 3.05) is 14.2 Å². The molecule has 0 aliphatic rings. The van der Waals surface area contributed by atoms with Crippen LogP contribution in [-0.4, -0.2) is 26.3 Å². The number of ether oxygens (including phenoxy) is 2. The van der Waals surface area contributed by atoms with Crippen molar-refractivity contribution in [1.82, 2.24) is 0 Å². The molecule has 0 aromatic heterocycles. The molecular formula is C18H12Br2O4. The number of benzene rings is 3. The van der Waals surface area contributed by atoms with E-state index in [0.29, 0.717) is 38.6 Å². The molecule has 0 bridgehead atoms. The van der Waals surface area contributed by atoms with E-state index in [9.17, 15) is 9.59 Å². The van der Waals surface area contributed by atoms with E-state index >= 15 is 0 Å². The van der Waals surface area contributed by atoms with Gasteiger partial charge in [0, 0.05) is 16.3 Å². The SMILES string of the molecule is COc1c(Br)ccc2c(C(=O)C=O)c3c(OC)c(Br)ccc3cc12. The third kappa shape index (κ3) is 2.50. The second-order valence-electron chi connectivity index (χ2n) is 5.09. The van der Waals surface area contributed by atoms with Crippen molar-refractivity contribution in [2.45, 2.75) is 0 Å². The molecule has 3 aromatic carbocycles. The van der Waals surface area contributed by atoms with Crippen molar-refractivity contribution in [3.63, 3.8) is 0 Å². The number of halogens is 2. The largest absolute Gasteiger partial charge is 0.495 e. The van der Waals surface area contributed by atoms with Gasteiger partial charge in [0.1, 0.15) is 11.5 Å². The van der Waals surface area contributed by atoms with Gasteiger partial charge < -0.3 is 9.47 Å². The van der Waals surface area contributed by atoms with Gasteiger partial charge in [0.25, 0.3) is 0 Å². The number of fused-ring (bicyclic) bond motifs is 2. The summed E-state index contributed by atoms with van der Waals surface area (Å²) in [6.45, 7) is 0. The van der Waals surface area contributed by atoms with Crippen molar-refractivity contribution in [3.05, 3.63) is 44.8 Å². The zero-order valence-corrected chi connectivity index (χ0v) is 16.0. The van der Waals surface area contributed by atoms with Gasteiger partial charge in [0.15, 0.2) is 6.29 Å². The summed E-state index contributed by atoms with van der Waals surface area (Å²) >= 11 is 6.88. The summed E-state index contributed by atoms with van der Waals surface area (Å²) in [4.78, 5) is 23.7. The van der Waals surface area contributed by atoms with E-state index < -0.39 is 5.78 Å². The van der Waals surface area contributed by atoms with Gasteiger partial charge in [-0.1, -0.05) is 12.1 Å². The Morgan fingerprint density at radius 3 is 2.21 bits per heavy atom. The van der Waals surface area contributed by atoms with Gasteiger partial charge >= 0.3 is 0 Å². The Hall–Kier alpha value is -1.92. The lowest BCUT2D eigenvalue weighted by atomic mass is 9.93. The molecule has 6 heteroatoms. The second kappa shape index (κ2) is 6.53. The molecule has 3 rings (SSSR count). The van der Waals surface area contributed by atoms with Crippen LogP contribution in [0.3, 0.4) is 0 Å². The first-order chi connectivity index (χ1) is 11.5. The molecule has 0 aliphatic heterocycles. The molecule has 0 heterocycles. The number of hydrogen-bond donors (Lipinski definition) is 0. The predicted molar refractivity (Wildman–Crippen MR) is 100 cm³/mol. The summed E-state index contributed by atoms with van der Waals surface area (Å²) in [5, 5.41) is 2.76. The van der Waals surface area contributed by atoms with Gasteiger partial charge in [-0.3, -0.25) is 9.59 Å². The van der Waals surface area contributed by atoms with Crippen LogP contribution < -0.4 is 9.47 Å². The molecular weight excluding hydrogens is 440 g/mol. The van der Waals surface area contributed by atoms with Gasteiger partial charge in [-0.25, -0.2) is 0 Å². The zero-order valence-electron chi connectivity index (χ0n) is 12.9. The number of rotatable bonds is 4. The maximum Gasteiger partial charge on any atom is 0.226 e. The van der Waals surface area contributed by atoms with Gasteiger partial charge in [-0.15, -0.1) is 0 Å². The molecule has 0 saturated heterocycles. The van der Waals surface area contributed by atoms with Crippen LogP contribution in [0.1, 0.15) is 10.4 Å². The fraction of sp³-hybridized carbons (Fsp3) is 0.111. The van der Waals surface area contributed by atoms with Crippen molar-refractivity contribution < 1.29 is 19.1 Å². The molecule has 3 aromatic rings. The third-order valence-electron chi connectivity index (χ3n) is 3.87. The summed E-state index contributed by atoms with van der Waals surface area (Å²) < 4.78 is 12.4. The summed E-state index contributed by atoms with van der Waals surface area (Å²) in [5.41, 5.74) is 0.307. The van der Waals surface area contributed by atoms with E-state index in [1.165, 1.54) is 7.11 Å². The fourth-order valence-electron chi connectivity index (χ4n) is 2.90. The summed E-state index contributed by atoms with van der Waals surface area (Å²) in [6, 6.07) is 9.21. The first-order valence-electron chi connectivity index (χ1n) is 6.98. The van der Waals surface area contributed by atoms with E-state index in [1.807, 2.05) is 18.2 Å². The molecule has 0 unspecified atom stereocenters. The van der Waals surface area contributed by atoms with Crippen molar-refractivity contribution in [1.29, 1.82) is 0 Å². The smallest absolute Gasteiger partial charge is 0.226 e. The van der Waals surface area contributed by atoms with E-state index in [4.69, 9.17) is 9.47 Å². The van der Waals surface area contributed by atoms with Crippen LogP contribution in [0.25, 0.3) is 21.5 Å². The van der Waals surface area contributed by atoms with Crippen LogP contribution in [0.5, 0.6) is 11.5 Å². The first-order valence-corrected chi connectivity index (χ1v) is 8.57. The highest BCUT2D eigenvalue weighted by Gasteiger charge is 2.21. The lowest BCUT2D eigenvalue weighted by Gasteiger charge is -2.16. The minimum atomic E-state index is -0.605. The van der Waals surface area contributed by atoms with Crippen molar-refractivity contribution in [3.8, 4) is 11.5 Å². The number of methoxy groups -OCH3 is 2.